The van der Waals surface area contributed by atoms with Gasteiger partial charge in [-0.3, -0.25) is 0 Å². The van der Waals surface area contributed by atoms with Crippen molar-refractivity contribution in [1.82, 2.24) is 0 Å². The van der Waals surface area contributed by atoms with Gasteiger partial charge in [0.15, 0.2) is 0 Å². The largest absolute Gasteiger partial charge is 0.185 e. The molecule has 48 valence electrons. The molecule has 0 rings (SSSR count). The molecule has 0 atom stereocenters. The van der Waals surface area contributed by atoms with Gasteiger partial charge < -0.3 is 0 Å². The van der Waals surface area contributed by atoms with E-state index in [-0.39, 0.29) is 0 Å². The van der Waals surface area contributed by atoms with Crippen LogP contribution in [0, 0.1) is 21.3 Å². The maximum absolute atomic E-state index is 8.05. The average molecular weight is 176 g/mol. The minimum Gasteiger partial charge on any atom is -0.185 e. The molecular weight excluding hydrogens is 172 g/mol. The molecule has 9 heavy (non-hydrogen) atoms. The van der Waals surface area contributed by atoms with Crippen LogP contribution in [-0.2, 0) is 0 Å². The summed E-state index contributed by atoms with van der Waals surface area (Å²) in [4.78, 5) is 0. The lowest BCUT2D eigenvalue weighted by Crippen LogP contribution is -1.67. The zero-order valence-corrected chi connectivity index (χ0v) is 6.98. The Morgan fingerprint density at radius 3 is 1.78 bits per heavy atom. The summed E-state index contributed by atoms with van der Waals surface area (Å²) in [5.41, 5.74) is 0. The second-order valence-corrected chi connectivity index (χ2v) is 4.15. The molecule has 0 aromatic heterocycles. The third-order valence-corrected chi connectivity index (χ3v) is 2.95. The van der Waals surface area contributed by atoms with E-state index in [0.29, 0.717) is 0 Å². The number of rotatable bonds is 4. The summed E-state index contributed by atoms with van der Waals surface area (Å²) in [6, 6.07) is 0. The summed E-state index contributed by atoms with van der Waals surface area (Å²) in [5, 5.41) is 21.5. The van der Waals surface area contributed by atoms with Crippen LogP contribution in [0.3, 0.4) is 0 Å². The molecule has 0 radical (unpaired) electrons. The van der Waals surface area contributed by atoms with E-state index in [1.807, 2.05) is 10.8 Å². The lowest BCUT2D eigenvalue weighted by atomic mass is 11.8. The van der Waals surface area contributed by atoms with Gasteiger partial charge in [-0.1, -0.05) is 0 Å². The highest BCUT2D eigenvalue weighted by molar-refractivity contribution is 8.24. The van der Waals surface area contributed by atoms with Crippen molar-refractivity contribution in [1.29, 1.82) is 10.5 Å². The van der Waals surface area contributed by atoms with Crippen LogP contribution in [0.4, 0.5) is 0 Å². The highest BCUT2D eigenvalue weighted by Crippen LogP contribution is 2.15. The van der Waals surface area contributed by atoms with Gasteiger partial charge in [0, 0.05) is 0 Å². The Morgan fingerprint density at radius 1 is 1.00 bits per heavy atom. The fraction of sp³-hybridized carbons (Fsp3) is 0.500. The molecule has 0 bridgehead atoms. The van der Waals surface area contributed by atoms with Crippen molar-refractivity contribution < 1.29 is 0 Å². The Bertz CT molecular complexity index is 118. The number of thioether (sulfide) groups is 3. The van der Waals surface area contributed by atoms with E-state index in [1.54, 1.807) is 11.8 Å². The van der Waals surface area contributed by atoms with Crippen LogP contribution in [0.2, 0.25) is 0 Å². The first-order chi connectivity index (χ1) is 4.41. The van der Waals surface area contributed by atoms with Gasteiger partial charge >= 0.3 is 0 Å². The topological polar surface area (TPSA) is 47.6 Å². The van der Waals surface area contributed by atoms with Crippen LogP contribution in [0.15, 0.2) is 0 Å². The maximum Gasteiger partial charge on any atom is 0.134 e. The average Bonchev–Trinajstić information content (AvgIpc) is 1.89. The Hall–Kier alpha value is 0.0300. The van der Waals surface area contributed by atoms with E-state index in [9.17, 15) is 0 Å². The molecule has 0 amide bonds. The highest BCUT2D eigenvalue weighted by atomic mass is 32.2. The number of hydrogen-bond acceptors (Lipinski definition) is 5. The number of nitrogens with zero attached hydrogens (tertiary/aromatic N) is 2. The number of hydrogen-bond donors (Lipinski definition) is 0. The minimum absolute atomic E-state index is 0.755. The molecule has 0 unspecified atom stereocenters. The molecule has 0 aromatic carbocycles. The minimum atomic E-state index is 0.755. The Balaban J connectivity index is 2.79. The molecule has 2 nitrogen and oxygen atoms in total. The molecule has 0 aromatic rings. The van der Waals surface area contributed by atoms with E-state index in [1.165, 1.54) is 23.5 Å². The maximum atomic E-state index is 8.05. The van der Waals surface area contributed by atoms with Gasteiger partial charge in [0.05, 0.1) is 10.2 Å². The molecule has 5 heteroatoms. The van der Waals surface area contributed by atoms with Crippen LogP contribution in [0.1, 0.15) is 0 Å². The third kappa shape index (κ3) is 8.03. The molecule has 0 saturated carbocycles. The van der Waals surface area contributed by atoms with Crippen molar-refractivity contribution in [3.63, 3.8) is 0 Å². The van der Waals surface area contributed by atoms with Gasteiger partial charge in [-0.2, -0.15) is 10.5 Å². The van der Waals surface area contributed by atoms with Crippen molar-refractivity contribution >= 4 is 35.3 Å². The fourth-order valence-electron chi connectivity index (χ4n) is 0.170. The molecule has 0 N–H and O–H groups in total. The zero-order valence-electron chi connectivity index (χ0n) is 4.53. The normalized spacial score (nSPS) is 7.78. The van der Waals surface area contributed by atoms with Gasteiger partial charge in [-0.15, -0.1) is 11.8 Å². The number of nitriles is 2. The van der Waals surface area contributed by atoms with Crippen LogP contribution < -0.4 is 0 Å². The first-order valence-electron chi connectivity index (χ1n) is 2.01. The summed E-state index contributed by atoms with van der Waals surface area (Å²) in [6.45, 7) is 0. The summed E-state index contributed by atoms with van der Waals surface area (Å²) in [5.74, 6) is 0. The lowest BCUT2D eigenvalue weighted by Gasteiger charge is -1.87. The summed E-state index contributed by atoms with van der Waals surface area (Å²) in [6.07, 6.45) is 0. The van der Waals surface area contributed by atoms with Gasteiger partial charge in [-0.05, 0) is 23.5 Å². The molecule has 0 aliphatic carbocycles. The van der Waals surface area contributed by atoms with E-state index >= 15 is 0 Å². The van der Waals surface area contributed by atoms with Gasteiger partial charge in [0.1, 0.15) is 10.8 Å². The van der Waals surface area contributed by atoms with Gasteiger partial charge in [-0.25, -0.2) is 0 Å². The van der Waals surface area contributed by atoms with Crippen molar-refractivity contribution in [3.05, 3.63) is 0 Å². The van der Waals surface area contributed by atoms with E-state index < -0.39 is 0 Å². The molecule has 0 saturated heterocycles. The second-order valence-electron chi connectivity index (χ2n) is 0.911. The van der Waals surface area contributed by atoms with Crippen molar-refractivity contribution in [3.8, 4) is 10.8 Å². The number of thiocyanates is 2. The van der Waals surface area contributed by atoms with E-state index in [4.69, 9.17) is 10.5 Å². The van der Waals surface area contributed by atoms with Crippen molar-refractivity contribution in [2.75, 3.05) is 10.2 Å². The Kier molecular flexibility index (Phi) is 8.06. The second kappa shape index (κ2) is 8.03. The molecular formula is C4H4N2S3. The predicted molar refractivity (Wildman–Crippen MR) is 43.7 cm³/mol. The highest BCUT2D eigenvalue weighted by Gasteiger charge is 1.86. The SMILES string of the molecule is N#CSCSCSC#N. The van der Waals surface area contributed by atoms with Gasteiger partial charge in [0.25, 0.3) is 0 Å². The van der Waals surface area contributed by atoms with Crippen molar-refractivity contribution in [2.45, 2.75) is 0 Å². The molecule has 0 spiro atoms. The molecule has 0 aliphatic rings. The molecule has 0 fully saturated rings. The summed E-state index contributed by atoms with van der Waals surface area (Å²) in [7, 11) is 0. The first-order valence-corrected chi connectivity index (χ1v) is 5.14. The third-order valence-electron chi connectivity index (χ3n) is 0.414. The van der Waals surface area contributed by atoms with Crippen molar-refractivity contribution in [2.24, 2.45) is 0 Å². The predicted octanol–water partition coefficient (Wildman–Crippen LogP) is 2.06. The molecule has 0 heterocycles. The first kappa shape index (κ1) is 9.03. The van der Waals surface area contributed by atoms with E-state index in [2.05, 4.69) is 0 Å². The smallest absolute Gasteiger partial charge is 0.134 e. The Labute approximate surface area is 67.0 Å². The van der Waals surface area contributed by atoms with Crippen LogP contribution in [0.5, 0.6) is 0 Å². The van der Waals surface area contributed by atoms with Crippen LogP contribution in [0.25, 0.3) is 0 Å². The standard InChI is InChI=1S/C4H4N2S3/c5-1-7-3-9-4-8-2-6/h3-4H2. The van der Waals surface area contributed by atoms with Gasteiger partial charge in [0.2, 0.25) is 0 Å². The van der Waals surface area contributed by atoms with Crippen LogP contribution in [-0.4, -0.2) is 10.2 Å². The summed E-state index contributed by atoms with van der Waals surface area (Å²) >= 11 is 3.99. The van der Waals surface area contributed by atoms with Crippen LogP contribution >= 0.6 is 35.3 Å². The Morgan fingerprint density at radius 2 is 1.44 bits per heavy atom. The summed E-state index contributed by atoms with van der Waals surface area (Å²) < 4.78 is 0. The zero-order chi connectivity index (χ0) is 6.95. The molecule has 0 aliphatic heterocycles. The van der Waals surface area contributed by atoms with E-state index in [0.717, 1.165) is 10.2 Å². The fourth-order valence-corrected chi connectivity index (χ4v) is 2.14. The quantitative estimate of drug-likeness (QED) is 0.373. The monoisotopic (exact) mass is 176 g/mol. The lowest BCUT2D eigenvalue weighted by molar-refractivity contribution is 1.57.